The molecule has 0 saturated heterocycles. The van der Waals surface area contributed by atoms with Crippen molar-refractivity contribution in [1.82, 2.24) is 5.32 Å². The van der Waals surface area contributed by atoms with Crippen molar-refractivity contribution in [3.63, 3.8) is 0 Å². The van der Waals surface area contributed by atoms with E-state index in [0.717, 1.165) is 19.3 Å². The minimum absolute atomic E-state index is 0.112. The fourth-order valence-corrected chi connectivity index (χ4v) is 2.49. The number of carbonyl (C=O) groups is 2. The Balaban J connectivity index is 2.73. The maximum absolute atomic E-state index is 12.3. The number of carbonyl (C=O) groups excluding carboxylic acids is 2. The van der Waals surface area contributed by atoms with Crippen LogP contribution >= 0.6 is 0 Å². The molecule has 1 fully saturated rings. The highest BCUT2D eigenvalue weighted by Crippen LogP contribution is 2.26. The monoisotopic (exact) mass is 271 g/mol. The van der Waals surface area contributed by atoms with E-state index in [4.69, 9.17) is 11.5 Å². The van der Waals surface area contributed by atoms with Crippen LogP contribution in [0.4, 0.5) is 0 Å². The van der Waals surface area contributed by atoms with E-state index >= 15 is 0 Å². The number of hydrogen-bond donors (Lipinski definition) is 4. The second-order valence-electron chi connectivity index (χ2n) is 5.81. The van der Waals surface area contributed by atoms with Crippen molar-refractivity contribution in [2.24, 2.45) is 17.4 Å². The Hall–Kier alpha value is -1.14. The predicted molar refractivity (Wildman–Crippen MR) is 72.0 cm³/mol. The summed E-state index contributed by atoms with van der Waals surface area (Å²) >= 11 is 0. The first-order chi connectivity index (χ1) is 8.78. The smallest absolute Gasteiger partial charge is 0.248 e. The largest absolute Gasteiger partial charge is 0.381 e. The Labute approximate surface area is 113 Å². The van der Waals surface area contributed by atoms with E-state index < -0.39 is 23.6 Å². The van der Waals surface area contributed by atoms with E-state index in [2.05, 4.69) is 5.32 Å². The van der Waals surface area contributed by atoms with Crippen LogP contribution in [-0.2, 0) is 9.59 Å². The van der Waals surface area contributed by atoms with E-state index in [-0.39, 0.29) is 11.8 Å². The van der Waals surface area contributed by atoms with Gasteiger partial charge in [-0.1, -0.05) is 33.1 Å². The third-order valence-corrected chi connectivity index (χ3v) is 3.85. The Morgan fingerprint density at radius 2 is 1.74 bits per heavy atom. The van der Waals surface area contributed by atoms with Gasteiger partial charge in [-0.3, -0.25) is 9.59 Å². The van der Waals surface area contributed by atoms with E-state index in [1.807, 2.05) is 0 Å². The fourth-order valence-electron chi connectivity index (χ4n) is 2.49. The average molecular weight is 271 g/mol. The van der Waals surface area contributed by atoms with Gasteiger partial charge in [-0.05, 0) is 18.8 Å². The molecular formula is C13H25N3O3. The average Bonchev–Trinajstić information content (AvgIpc) is 2.35. The standard InChI is InChI=1S/C13H25N3O3/c1-8(2)9(10(17)11(14)18)16-12(19)13(15)6-4-3-5-7-13/h8-10,17H,3-7,15H2,1-2H3,(H2,14,18)(H,16,19)/t9-,10-/m0/s1. The van der Waals surface area contributed by atoms with Gasteiger partial charge in [0.1, 0.15) is 0 Å². The maximum Gasteiger partial charge on any atom is 0.248 e. The lowest BCUT2D eigenvalue weighted by atomic mass is 9.81. The number of amides is 2. The molecule has 6 N–H and O–H groups in total. The minimum Gasteiger partial charge on any atom is -0.381 e. The molecule has 1 aliphatic carbocycles. The second-order valence-corrected chi connectivity index (χ2v) is 5.81. The number of primary amides is 1. The van der Waals surface area contributed by atoms with Crippen molar-refractivity contribution in [2.45, 2.75) is 63.6 Å². The van der Waals surface area contributed by atoms with Crippen LogP contribution in [0.15, 0.2) is 0 Å². The second kappa shape index (κ2) is 6.34. The third-order valence-electron chi connectivity index (χ3n) is 3.85. The normalized spacial score (nSPS) is 21.7. The first-order valence-electron chi connectivity index (χ1n) is 6.85. The number of aliphatic hydroxyl groups excluding tert-OH is 1. The highest BCUT2D eigenvalue weighted by atomic mass is 16.3. The molecule has 0 radical (unpaired) electrons. The van der Waals surface area contributed by atoms with Gasteiger partial charge in [-0.15, -0.1) is 0 Å². The number of rotatable bonds is 5. The molecule has 0 unspecified atom stereocenters. The van der Waals surface area contributed by atoms with E-state index in [0.29, 0.717) is 12.8 Å². The van der Waals surface area contributed by atoms with Gasteiger partial charge in [0.2, 0.25) is 11.8 Å². The molecule has 2 atom stereocenters. The summed E-state index contributed by atoms with van der Waals surface area (Å²) in [5, 5.41) is 12.5. The third kappa shape index (κ3) is 3.91. The van der Waals surface area contributed by atoms with Crippen LogP contribution in [-0.4, -0.2) is 34.6 Å². The van der Waals surface area contributed by atoms with Crippen LogP contribution in [0.25, 0.3) is 0 Å². The molecular weight excluding hydrogens is 246 g/mol. The molecule has 19 heavy (non-hydrogen) atoms. The van der Waals surface area contributed by atoms with Gasteiger partial charge in [0.05, 0.1) is 11.6 Å². The molecule has 6 heteroatoms. The van der Waals surface area contributed by atoms with Crippen LogP contribution in [0.3, 0.4) is 0 Å². The summed E-state index contributed by atoms with van der Waals surface area (Å²) in [6.07, 6.45) is 2.82. The predicted octanol–water partition coefficient (Wildman–Crippen LogP) is -0.365. The molecule has 0 heterocycles. The van der Waals surface area contributed by atoms with E-state index in [1.165, 1.54) is 0 Å². The molecule has 110 valence electrons. The lowest BCUT2D eigenvalue weighted by molar-refractivity contribution is -0.133. The first kappa shape index (κ1) is 15.9. The summed E-state index contributed by atoms with van der Waals surface area (Å²) in [7, 11) is 0. The quantitative estimate of drug-likeness (QED) is 0.545. The summed E-state index contributed by atoms with van der Waals surface area (Å²) in [6.45, 7) is 3.61. The molecule has 1 saturated carbocycles. The van der Waals surface area contributed by atoms with Crippen LogP contribution in [0.2, 0.25) is 0 Å². The molecule has 0 bridgehead atoms. The highest BCUT2D eigenvalue weighted by molar-refractivity contribution is 5.87. The number of aliphatic hydroxyl groups is 1. The summed E-state index contributed by atoms with van der Waals surface area (Å²) in [6, 6.07) is -0.702. The maximum atomic E-state index is 12.3. The van der Waals surface area contributed by atoms with Crippen molar-refractivity contribution in [3.8, 4) is 0 Å². The van der Waals surface area contributed by atoms with Gasteiger partial charge < -0.3 is 21.9 Å². The van der Waals surface area contributed by atoms with Crippen molar-refractivity contribution in [1.29, 1.82) is 0 Å². The zero-order valence-corrected chi connectivity index (χ0v) is 11.7. The van der Waals surface area contributed by atoms with Gasteiger partial charge in [-0.25, -0.2) is 0 Å². The minimum atomic E-state index is -1.39. The summed E-state index contributed by atoms with van der Waals surface area (Å²) in [4.78, 5) is 23.3. The Morgan fingerprint density at radius 3 is 2.16 bits per heavy atom. The lowest BCUT2D eigenvalue weighted by Gasteiger charge is -2.35. The van der Waals surface area contributed by atoms with E-state index in [9.17, 15) is 14.7 Å². The van der Waals surface area contributed by atoms with Gasteiger partial charge in [-0.2, -0.15) is 0 Å². The first-order valence-corrected chi connectivity index (χ1v) is 6.85. The Morgan fingerprint density at radius 1 is 1.21 bits per heavy atom. The van der Waals surface area contributed by atoms with Crippen LogP contribution in [0.5, 0.6) is 0 Å². The van der Waals surface area contributed by atoms with Gasteiger partial charge >= 0.3 is 0 Å². The van der Waals surface area contributed by atoms with Crippen LogP contribution in [0.1, 0.15) is 46.0 Å². The fraction of sp³-hybridized carbons (Fsp3) is 0.846. The van der Waals surface area contributed by atoms with Crippen molar-refractivity contribution in [3.05, 3.63) is 0 Å². The molecule has 0 spiro atoms. The molecule has 0 aromatic rings. The van der Waals surface area contributed by atoms with Crippen molar-refractivity contribution >= 4 is 11.8 Å². The highest BCUT2D eigenvalue weighted by Gasteiger charge is 2.38. The summed E-state index contributed by atoms with van der Waals surface area (Å²) in [5.41, 5.74) is 10.3. The van der Waals surface area contributed by atoms with Crippen LogP contribution in [0, 0.1) is 5.92 Å². The Kier molecular flexibility index (Phi) is 5.31. The molecule has 1 rings (SSSR count). The molecule has 1 aliphatic rings. The number of nitrogens with one attached hydrogen (secondary N) is 1. The number of nitrogens with two attached hydrogens (primary N) is 2. The van der Waals surface area contributed by atoms with Crippen molar-refractivity contribution in [2.75, 3.05) is 0 Å². The molecule has 0 aliphatic heterocycles. The molecule has 0 aromatic heterocycles. The number of hydrogen-bond acceptors (Lipinski definition) is 4. The van der Waals surface area contributed by atoms with Crippen LogP contribution < -0.4 is 16.8 Å². The molecule has 0 aromatic carbocycles. The molecule has 2 amide bonds. The Bertz CT molecular complexity index is 338. The summed E-state index contributed by atoms with van der Waals surface area (Å²) < 4.78 is 0. The topological polar surface area (TPSA) is 118 Å². The van der Waals surface area contributed by atoms with Gasteiger partial charge in [0.25, 0.3) is 0 Å². The van der Waals surface area contributed by atoms with E-state index in [1.54, 1.807) is 13.8 Å². The van der Waals surface area contributed by atoms with Gasteiger partial charge in [0, 0.05) is 0 Å². The van der Waals surface area contributed by atoms with Gasteiger partial charge in [0.15, 0.2) is 6.10 Å². The zero-order valence-electron chi connectivity index (χ0n) is 11.7. The zero-order chi connectivity index (χ0) is 14.6. The van der Waals surface area contributed by atoms with Crippen molar-refractivity contribution < 1.29 is 14.7 Å². The lowest BCUT2D eigenvalue weighted by Crippen LogP contribution is -2.61. The molecule has 6 nitrogen and oxygen atoms in total. The summed E-state index contributed by atoms with van der Waals surface area (Å²) in [5.74, 6) is -1.25. The SMILES string of the molecule is CC(C)[C@H](NC(=O)C1(N)CCCCC1)[C@H](O)C(N)=O.